The maximum absolute atomic E-state index is 11.9. The van der Waals surface area contributed by atoms with Crippen LogP contribution < -0.4 is 16.6 Å². The average molecular weight is 298 g/mol. The molecule has 0 amide bonds. The number of nitriles is 1. The molecule has 0 bridgehead atoms. The highest BCUT2D eigenvalue weighted by Gasteiger charge is 2.14. The van der Waals surface area contributed by atoms with Gasteiger partial charge in [0, 0.05) is 20.6 Å². The molecule has 0 aliphatic heterocycles. The Kier molecular flexibility index (Phi) is 4.79. The maximum Gasteiger partial charge on any atom is 0.332 e. The Labute approximate surface area is 128 Å². The summed E-state index contributed by atoms with van der Waals surface area (Å²) in [5, 5.41) is 12.2. The van der Waals surface area contributed by atoms with Crippen LogP contribution in [0.1, 0.15) is 17.5 Å². The lowest BCUT2D eigenvalue weighted by molar-refractivity contribution is 0.683. The van der Waals surface area contributed by atoms with E-state index >= 15 is 0 Å². The third-order valence-corrected chi connectivity index (χ3v) is 3.55. The molecule has 114 valence electrons. The first-order valence-electron chi connectivity index (χ1n) is 7.04. The molecule has 0 unspecified atom stereocenters. The highest BCUT2D eigenvalue weighted by Crippen LogP contribution is 2.08. The Balaban J connectivity index is 2.12. The van der Waals surface area contributed by atoms with Crippen molar-refractivity contribution in [2.75, 3.05) is 11.9 Å². The molecule has 2 aromatic rings. The molecule has 1 aromatic heterocycles. The SMILES string of the molecule is Cn1c(NCCCc2ccccc2)c(C#N)c(=O)n(C)c1=O. The van der Waals surface area contributed by atoms with Gasteiger partial charge < -0.3 is 5.32 Å². The van der Waals surface area contributed by atoms with Gasteiger partial charge in [-0.2, -0.15) is 5.26 Å². The topological polar surface area (TPSA) is 79.8 Å². The minimum atomic E-state index is -0.573. The number of nitrogens with one attached hydrogen (secondary N) is 1. The molecule has 0 atom stereocenters. The van der Waals surface area contributed by atoms with Gasteiger partial charge in [-0.25, -0.2) is 4.79 Å². The standard InChI is InChI=1S/C16H18N4O2/c1-19-14(13(11-17)15(21)20(2)16(19)22)18-10-6-9-12-7-4-3-5-8-12/h3-5,7-8,18H,6,9-10H2,1-2H3. The summed E-state index contributed by atoms with van der Waals surface area (Å²) in [7, 11) is 2.91. The summed E-state index contributed by atoms with van der Waals surface area (Å²) in [5.41, 5.74) is 0.165. The number of benzene rings is 1. The normalized spacial score (nSPS) is 10.2. The second kappa shape index (κ2) is 6.76. The Morgan fingerprint density at radius 1 is 1.14 bits per heavy atom. The van der Waals surface area contributed by atoms with Crippen molar-refractivity contribution in [3.05, 3.63) is 62.3 Å². The smallest absolute Gasteiger partial charge is 0.332 e. The van der Waals surface area contributed by atoms with Crippen LogP contribution in [-0.2, 0) is 20.5 Å². The van der Waals surface area contributed by atoms with E-state index in [4.69, 9.17) is 5.26 Å². The molecule has 1 N–H and O–H groups in total. The summed E-state index contributed by atoms with van der Waals surface area (Å²) in [6, 6.07) is 11.9. The Morgan fingerprint density at radius 2 is 1.82 bits per heavy atom. The zero-order valence-electron chi connectivity index (χ0n) is 12.7. The van der Waals surface area contributed by atoms with E-state index in [0.29, 0.717) is 6.54 Å². The fourth-order valence-electron chi connectivity index (χ4n) is 2.30. The quantitative estimate of drug-likeness (QED) is 0.835. The summed E-state index contributed by atoms with van der Waals surface area (Å²) < 4.78 is 2.23. The summed E-state index contributed by atoms with van der Waals surface area (Å²) in [6.45, 7) is 0.573. The van der Waals surface area contributed by atoms with Gasteiger partial charge in [0.2, 0.25) is 0 Å². The van der Waals surface area contributed by atoms with Gasteiger partial charge in [-0.3, -0.25) is 13.9 Å². The molecule has 22 heavy (non-hydrogen) atoms. The van der Waals surface area contributed by atoms with E-state index < -0.39 is 11.2 Å². The Bertz CT molecular complexity index is 813. The first-order chi connectivity index (χ1) is 10.6. The lowest BCUT2D eigenvalue weighted by atomic mass is 10.1. The molecule has 1 heterocycles. The zero-order valence-corrected chi connectivity index (χ0v) is 12.7. The van der Waals surface area contributed by atoms with Gasteiger partial charge in [0.05, 0.1) is 0 Å². The van der Waals surface area contributed by atoms with Crippen LogP contribution >= 0.6 is 0 Å². The number of aryl methyl sites for hydroxylation is 1. The van der Waals surface area contributed by atoms with E-state index in [0.717, 1.165) is 17.4 Å². The first-order valence-corrected chi connectivity index (χ1v) is 7.04. The predicted octanol–water partition coefficient (Wildman–Crippen LogP) is 1.00. The van der Waals surface area contributed by atoms with E-state index in [2.05, 4.69) is 17.4 Å². The number of rotatable bonds is 5. The van der Waals surface area contributed by atoms with Crippen LogP contribution in [0.25, 0.3) is 0 Å². The van der Waals surface area contributed by atoms with E-state index in [9.17, 15) is 9.59 Å². The number of aromatic nitrogens is 2. The highest BCUT2D eigenvalue weighted by molar-refractivity contribution is 5.51. The molecule has 0 radical (unpaired) electrons. The summed E-state index contributed by atoms with van der Waals surface area (Å²) in [6.07, 6.45) is 1.72. The first kappa shape index (κ1) is 15.6. The fraction of sp³-hybridized carbons (Fsp3) is 0.312. The van der Waals surface area contributed by atoms with Crippen LogP contribution in [0.5, 0.6) is 0 Å². The van der Waals surface area contributed by atoms with Gasteiger partial charge in [0.1, 0.15) is 11.9 Å². The molecule has 6 heteroatoms. The predicted molar refractivity (Wildman–Crippen MR) is 84.9 cm³/mol. The van der Waals surface area contributed by atoms with Crippen molar-refractivity contribution in [2.24, 2.45) is 14.1 Å². The Hall–Kier alpha value is -2.81. The van der Waals surface area contributed by atoms with E-state index in [-0.39, 0.29) is 11.4 Å². The van der Waals surface area contributed by atoms with Crippen molar-refractivity contribution >= 4 is 5.82 Å². The molecule has 6 nitrogen and oxygen atoms in total. The number of nitrogens with zero attached hydrogens (tertiary/aromatic N) is 3. The molecule has 0 aliphatic rings. The monoisotopic (exact) mass is 298 g/mol. The minimum absolute atomic E-state index is 0.0377. The summed E-state index contributed by atoms with van der Waals surface area (Å²) >= 11 is 0. The van der Waals surface area contributed by atoms with Gasteiger partial charge in [0.15, 0.2) is 5.56 Å². The number of hydrogen-bond acceptors (Lipinski definition) is 4. The molecule has 0 fully saturated rings. The third kappa shape index (κ3) is 3.09. The van der Waals surface area contributed by atoms with Crippen LogP contribution in [0.15, 0.2) is 39.9 Å². The van der Waals surface area contributed by atoms with Crippen molar-refractivity contribution in [2.45, 2.75) is 12.8 Å². The molecule has 0 saturated heterocycles. The molecular weight excluding hydrogens is 280 g/mol. The van der Waals surface area contributed by atoms with E-state index in [1.165, 1.54) is 17.2 Å². The van der Waals surface area contributed by atoms with Crippen LogP contribution in [0, 0.1) is 11.3 Å². The zero-order chi connectivity index (χ0) is 16.1. The maximum atomic E-state index is 11.9. The van der Waals surface area contributed by atoms with Crippen molar-refractivity contribution in [1.82, 2.24) is 9.13 Å². The number of hydrogen-bond donors (Lipinski definition) is 1. The van der Waals surface area contributed by atoms with Crippen molar-refractivity contribution in [1.29, 1.82) is 5.26 Å². The molecule has 0 saturated carbocycles. The summed E-state index contributed by atoms with van der Waals surface area (Å²) in [5.74, 6) is 0.281. The van der Waals surface area contributed by atoms with Gasteiger partial charge in [0.25, 0.3) is 5.56 Å². The fourth-order valence-corrected chi connectivity index (χ4v) is 2.30. The molecule has 1 aromatic carbocycles. The van der Waals surface area contributed by atoms with Crippen LogP contribution in [-0.4, -0.2) is 15.7 Å². The molecule has 2 rings (SSSR count). The molecule has 0 aliphatic carbocycles. The lowest BCUT2D eigenvalue weighted by Crippen LogP contribution is -2.40. The van der Waals surface area contributed by atoms with Crippen LogP contribution in [0.4, 0.5) is 5.82 Å². The van der Waals surface area contributed by atoms with Gasteiger partial charge in [-0.05, 0) is 18.4 Å². The van der Waals surface area contributed by atoms with Crippen molar-refractivity contribution in [3.8, 4) is 6.07 Å². The van der Waals surface area contributed by atoms with Crippen LogP contribution in [0.3, 0.4) is 0 Å². The Morgan fingerprint density at radius 3 is 2.45 bits per heavy atom. The van der Waals surface area contributed by atoms with Crippen molar-refractivity contribution < 1.29 is 0 Å². The second-order valence-electron chi connectivity index (χ2n) is 5.06. The van der Waals surface area contributed by atoms with Gasteiger partial charge >= 0.3 is 5.69 Å². The second-order valence-corrected chi connectivity index (χ2v) is 5.06. The average Bonchev–Trinajstić information content (AvgIpc) is 2.55. The van der Waals surface area contributed by atoms with E-state index in [1.54, 1.807) is 7.05 Å². The molecule has 0 spiro atoms. The summed E-state index contributed by atoms with van der Waals surface area (Å²) in [4.78, 5) is 23.8. The number of anilines is 1. The van der Waals surface area contributed by atoms with Gasteiger partial charge in [-0.15, -0.1) is 0 Å². The third-order valence-electron chi connectivity index (χ3n) is 3.55. The van der Waals surface area contributed by atoms with E-state index in [1.807, 2.05) is 24.3 Å². The molecular formula is C16H18N4O2. The van der Waals surface area contributed by atoms with Crippen molar-refractivity contribution in [3.63, 3.8) is 0 Å². The lowest BCUT2D eigenvalue weighted by Gasteiger charge is -2.13. The largest absolute Gasteiger partial charge is 0.370 e. The van der Waals surface area contributed by atoms with Crippen LogP contribution in [0.2, 0.25) is 0 Å². The van der Waals surface area contributed by atoms with Gasteiger partial charge in [-0.1, -0.05) is 30.3 Å². The highest BCUT2D eigenvalue weighted by atomic mass is 16.2. The minimum Gasteiger partial charge on any atom is -0.370 e.